The van der Waals surface area contributed by atoms with Crippen molar-refractivity contribution in [2.24, 2.45) is 0 Å². The van der Waals surface area contributed by atoms with E-state index in [1.165, 1.54) is 35.6 Å². The third-order valence-corrected chi connectivity index (χ3v) is 4.35. The molecule has 1 aromatic heterocycles. The second kappa shape index (κ2) is 5.88. The second-order valence-electron chi connectivity index (χ2n) is 3.98. The molecule has 0 unspecified atom stereocenters. The SMILES string of the molecule is Cc1cc(C(=O)O)c(NC(=O)c2ccc(F)cc2I)s1. The number of benzene rings is 1. The number of anilines is 1. The molecule has 1 heterocycles. The van der Waals surface area contributed by atoms with Crippen molar-refractivity contribution in [2.75, 3.05) is 5.32 Å². The predicted molar refractivity (Wildman–Crippen MR) is 83.1 cm³/mol. The quantitative estimate of drug-likeness (QED) is 0.765. The average Bonchev–Trinajstić information content (AvgIpc) is 2.70. The van der Waals surface area contributed by atoms with E-state index in [0.29, 0.717) is 9.13 Å². The molecule has 104 valence electrons. The lowest BCUT2D eigenvalue weighted by molar-refractivity contribution is 0.0698. The fourth-order valence-corrected chi connectivity index (χ4v) is 3.23. The van der Waals surface area contributed by atoms with Crippen molar-refractivity contribution >= 4 is 50.8 Å². The van der Waals surface area contributed by atoms with E-state index in [-0.39, 0.29) is 10.6 Å². The number of carbonyl (C=O) groups is 2. The van der Waals surface area contributed by atoms with E-state index in [0.717, 1.165) is 4.88 Å². The van der Waals surface area contributed by atoms with Gasteiger partial charge in [0.05, 0.1) is 11.1 Å². The number of amides is 1. The Kier molecular flexibility index (Phi) is 4.39. The lowest BCUT2D eigenvalue weighted by Crippen LogP contribution is -2.14. The van der Waals surface area contributed by atoms with Crippen LogP contribution in [0.15, 0.2) is 24.3 Å². The first-order valence-corrected chi connectivity index (χ1v) is 7.38. The van der Waals surface area contributed by atoms with Gasteiger partial charge in [-0.15, -0.1) is 11.3 Å². The Morgan fingerprint density at radius 2 is 2.00 bits per heavy atom. The fourth-order valence-electron chi connectivity index (χ4n) is 1.61. The molecule has 20 heavy (non-hydrogen) atoms. The van der Waals surface area contributed by atoms with E-state index in [9.17, 15) is 14.0 Å². The van der Waals surface area contributed by atoms with Crippen LogP contribution in [-0.2, 0) is 0 Å². The number of thiophene rings is 1. The van der Waals surface area contributed by atoms with E-state index < -0.39 is 17.7 Å². The van der Waals surface area contributed by atoms with Crippen molar-refractivity contribution in [3.05, 3.63) is 49.7 Å². The minimum Gasteiger partial charge on any atom is -0.478 e. The molecule has 0 atom stereocenters. The van der Waals surface area contributed by atoms with E-state index in [1.807, 2.05) is 22.6 Å². The molecule has 0 aliphatic heterocycles. The standard InChI is InChI=1S/C13H9FINO3S/c1-6-4-9(13(18)19)12(20-6)16-11(17)8-3-2-7(14)5-10(8)15/h2-5H,1H3,(H,16,17)(H,18,19). The van der Waals surface area contributed by atoms with Gasteiger partial charge in [-0.1, -0.05) is 0 Å². The first kappa shape index (κ1) is 14.9. The van der Waals surface area contributed by atoms with E-state index in [1.54, 1.807) is 6.92 Å². The van der Waals surface area contributed by atoms with Crippen molar-refractivity contribution < 1.29 is 19.1 Å². The van der Waals surface area contributed by atoms with Crippen molar-refractivity contribution in [2.45, 2.75) is 6.92 Å². The summed E-state index contributed by atoms with van der Waals surface area (Å²) >= 11 is 3.04. The summed E-state index contributed by atoms with van der Waals surface area (Å²) in [7, 11) is 0. The van der Waals surface area contributed by atoms with Gasteiger partial charge < -0.3 is 10.4 Å². The third-order valence-electron chi connectivity index (χ3n) is 2.49. The molecular weight excluding hydrogens is 396 g/mol. The molecule has 7 heteroatoms. The van der Waals surface area contributed by atoms with Crippen LogP contribution in [0.3, 0.4) is 0 Å². The number of carboxylic acids is 1. The van der Waals surface area contributed by atoms with Crippen LogP contribution in [-0.4, -0.2) is 17.0 Å². The van der Waals surface area contributed by atoms with Gasteiger partial charge in [0.15, 0.2) is 0 Å². The first-order chi connectivity index (χ1) is 9.38. The zero-order chi connectivity index (χ0) is 14.9. The van der Waals surface area contributed by atoms with Gasteiger partial charge in [-0.2, -0.15) is 0 Å². The maximum atomic E-state index is 13.0. The Balaban J connectivity index is 2.30. The van der Waals surface area contributed by atoms with Crippen LogP contribution in [0, 0.1) is 16.3 Å². The van der Waals surface area contributed by atoms with Gasteiger partial charge in [0.2, 0.25) is 0 Å². The first-order valence-electron chi connectivity index (χ1n) is 5.48. The molecule has 4 nitrogen and oxygen atoms in total. The minimum absolute atomic E-state index is 0.0537. The number of halogens is 2. The van der Waals surface area contributed by atoms with Gasteiger partial charge in [-0.3, -0.25) is 4.79 Å². The number of hydrogen-bond acceptors (Lipinski definition) is 3. The van der Waals surface area contributed by atoms with E-state index >= 15 is 0 Å². The molecule has 1 aromatic carbocycles. The Morgan fingerprint density at radius 3 is 2.60 bits per heavy atom. The smallest absolute Gasteiger partial charge is 0.338 e. The molecule has 0 spiro atoms. The Bertz CT molecular complexity index is 699. The van der Waals surface area contributed by atoms with Crippen LogP contribution in [0.1, 0.15) is 25.6 Å². The maximum Gasteiger partial charge on any atom is 0.338 e. The van der Waals surface area contributed by atoms with Crippen molar-refractivity contribution in [3.63, 3.8) is 0 Å². The highest BCUT2D eigenvalue weighted by Gasteiger charge is 2.18. The van der Waals surface area contributed by atoms with Crippen molar-refractivity contribution in [1.82, 2.24) is 0 Å². The summed E-state index contributed by atoms with van der Waals surface area (Å²) in [5.41, 5.74) is 0.354. The zero-order valence-corrected chi connectivity index (χ0v) is 13.2. The third kappa shape index (κ3) is 3.15. The van der Waals surface area contributed by atoms with Crippen LogP contribution in [0.4, 0.5) is 9.39 Å². The van der Waals surface area contributed by atoms with Crippen molar-refractivity contribution in [1.29, 1.82) is 0 Å². The van der Waals surface area contributed by atoms with Crippen LogP contribution in [0.5, 0.6) is 0 Å². The second-order valence-corrected chi connectivity index (χ2v) is 6.40. The molecular formula is C13H9FINO3S. The number of rotatable bonds is 3. The van der Waals surface area contributed by atoms with Crippen LogP contribution in [0.2, 0.25) is 0 Å². The van der Waals surface area contributed by atoms with Crippen LogP contribution in [0.25, 0.3) is 0 Å². The highest BCUT2D eigenvalue weighted by atomic mass is 127. The number of nitrogens with one attached hydrogen (secondary N) is 1. The summed E-state index contributed by atoms with van der Waals surface area (Å²) in [6.45, 7) is 1.76. The molecule has 0 radical (unpaired) electrons. The number of aryl methyl sites for hydroxylation is 1. The normalized spacial score (nSPS) is 10.3. The summed E-state index contributed by atoms with van der Waals surface area (Å²) < 4.78 is 13.5. The van der Waals surface area contributed by atoms with Gasteiger partial charge in [-0.25, -0.2) is 9.18 Å². The number of aromatic carboxylic acids is 1. The zero-order valence-electron chi connectivity index (χ0n) is 10.2. The highest BCUT2D eigenvalue weighted by Crippen LogP contribution is 2.28. The Hall–Kier alpha value is -1.48. The summed E-state index contributed by atoms with van der Waals surface area (Å²) in [6, 6.07) is 5.30. The number of carbonyl (C=O) groups excluding carboxylic acids is 1. The number of hydrogen-bond donors (Lipinski definition) is 2. The fraction of sp³-hybridized carbons (Fsp3) is 0.0769. The van der Waals surface area contributed by atoms with E-state index in [4.69, 9.17) is 5.11 Å². The Labute approximate surface area is 131 Å². The molecule has 1 amide bonds. The number of carboxylic acid groups (broad SMARTS) is 1. The maximum absolute atomic E-state index is 13.0. The van der Waals surface area contributed by atoms with Gasteiger partial charge in [0.1, 0.15) is 10.8 Å². The molecule has 0 bridgehead atoms. The summed E-state index contributed by atoms with van der Waals surface area (Å²) in [6.07, 6.45) is 0. The molecule has 2 aromatic rings. The molecule has 0 aliphatic carbocycles. The van der Waals surface area contributed by atoms with Gasteiger partial charge in [0.25, 0.3) is 5.91 Å². The van der Waals surface area contributed by atoms with Gasteiger partial charge in [0, 0.05) is 8.45 Å². The predicted octanol–water partition coefficient (Wildman–Crippen LogP) is 3.75. The van der Waals surface area contributed by atoms with Gasteiger partial charge >= 0.3 is 5.97 Å². The lowest BCUT2D eigenvalue weighted by Gasteiger charge is -2.06. The molecule has 0 saturated carbocycles. The highest BCUT2D eigenvalue weighted by molar-refractivity contribution is 14.1. The minimum atomic E-state index is -1.10. The largest absolute Gasteiger partial charge is 0.478 e. The monoisotopic (exact) mass is 405 g/mol. The Morgan fingerprint density at radius 1 is 1.30 bits per heavy atom. The van der Waals surface area contributed by atoms with Gasteiger partial charge in [-0.05, 0) is 53.8 Å². The summed E-state index contributed by atoms with van der Waals surface area (Å²) in [5.74, 6) is -1.98. The molecule has 2 rings (SSSR count). The summed E-state index contributed by atoms with van der Waals surface area (Å²) in [4.78, 5) is 24.0. The molecule has 0 saturated heterocycles. The van der Waals surface area contributed by atoms with Crippen LogP contribution >= 0.6 is 33.9 Å². The molecule has 2 N–H and O–H groups in total. The van der Waals surface area contributed by atoms with E-state index in [2.05, 4.69) is 5.32 Å². The lowest BCUT2D eigenvalue weighted by atomic mass is 10.2. The topological polar surface area (TPSA) is 66.4 Å². The molecule has 0 aliphatic rings. The summed E-state index contributed by atoms with van der Waals surface area (Å²) in [5, 5.41) is 11.9. The average molecular weight is 405 g/mol. The molecule has 0 fully saturated rings. The van der Waals surface area contributed by atoms with Crippen molar-refractivity contribution in [3.8, 4) is 0 Å². The van der Waals surface area contributed by atoms with Crippen LogP contribution < -0.4 is 5.32 Å².